The first-order valence-corrected chi connectivity index (χ1v) is 5.33. The monoisotopic (exact) mass is 210 g/mol. The average Bonchev–Trinajstić information content (AvgIpc) is 2.14. The van der Waals surface area contributed by atoms with E-state index in [1.807, 2.05) is 13.0 Å². The second-order valence-electron chi connectivity index (χ2n) is 4.97. The fourth-order valence-electron chi connectivity index (χ4n) is 1.18. The standard InChI is InChI=1S/C13H19FO/c1-5-10-6-7-12(11(14)8-10)15-9-13(2,3)4/h6-8H,5,9H2,1-4H3. The number of hydrogen-bond donors (Lipinski definition) is 0. The predicted octanol–water partition coefficient (Wildman–Crippen LogP) is 3.81. The van der Waals surface area contributed by atoms with Gasteiger partial charge in [0.2, 0.25) is 0 Å². The van der Waals surface area contributed by atoms with E-state index in [4.69, 9.17) is 4.74 Å². The van der Waals surface area contributed by atoms with Crippen molar-refractivity contribution in [2.24, 2.45) is 5.41 Å². The third-order valence-electron chi connectivity index (χ3n) is 2.07. The summed E-state index contributed by atoms with van der Waals surface area (Å²) < 4.78 is 18.9. The summed E-state index contributed by atoms with van der Waals surface area (Å²) >= 11 is 0. The molecule has 0 saturated carbocycles. The van der Waals surface area contributed by atoms with Crippen molar-refractivity contribution in [3.05, 3.63) is 29.6 Å². The normalized spacial score (nSPS) is 11.5. The summed E-state index contributed by atoms with van der Waals surface area (Å²) in [5.74, 6) is 0.0840. The van der Waals surface area contributed by atoms with Crippen LogP contribution in [-0.4, -0.2) is 6.61 Å². The number of rotatable bonds is 3. The van der Waals surface area contributed by atoms with Gasteiger partial charge in [-0.15, -0.1) is 0 Å². The molecule has 0 spiro atoms. The lowest BCUT2D eigenvalue weighted by molar-refractivity contribution is 0.191. The van der Waals surface area contributed by atoms with Gasteiger partial charge in [0.25, 0.3) is 0 Å². The van der Waals surface area contributed by atoms with Crippen LogP contribution >= 0.6 is 0 Å². The molecule has 0 heterocycles. The van der Waals surface area contributed by atoms with E-state index in [-0.39, 0.29) is 11.2 Å². The molecule has 1 aromatic carbocycles. The van der Waals surface area contributed by atoms with Crippen LogP contribution in [0.4, 0.5) is 4.39 Å². The van der Waals surface area contributed by atoms with Crippen molar-refractivity contribution in [2.45, 2.75) is 34.1 Å². The van der Waals surface area contributed by atoms with Gasteiger partial charge in [0.1, 0.15) is 0 Å². The molecule has 0 fully saturated rings. The zero-order valence-electron chi connectivity index (χ0n) is 9.93. The van der Waals surface area contributed by atoms with E-state index in [2.05, 4.69) is 20.8 Å². The molecule has 0 atom stereocenters. The van der Waals surface area contributed by atoms with Crippen LogP contribution in [-0.2, 0) is 6.42 Å². The van der Waals surface area contributed by atoms with Gasteiger partial charge in [-0.25, -0.2) is 4.39 Å². The fraction of sp³-hybridized carbons (Fsp3) is 0.538. The summed E-state index contributed by atoms with van der Waals surface area (Å²) in [6, 6.07) is 5.15. The summed E-state index contributed by atoms with van der Waals surface area (Å²) in [5, 5.41) is 0. The van der Waals surface area contributed by atoms with Crippen molar-refractivity contribution in [1.29, 1.82) is 0 Å². The van der Waals surface area contributed by atoms with Crippen LogP contribution < -0.4 is 4.74 Å². The van der Waals surface area contributed by atoms with E-state index in [1.54, 1.807) is 6.07 Å². The Balaban J connectivity index is 2.70. The Labute approximate surface area is 91.3 Å². The van der Waals surface area contributed by atoms with Gasteiger partial charge in [0.05, 0.1) is 6.61 Å². The molecule has 1 nitrogen and oxygen atoms in total. The maximum Gasteiger partial charge on any atom is 0.165 e. The van der Waals surface area contributed by atoms with E-state index in [0.717, 1.165) is 12.0 Å². The minimum absolute atomic E-state index is 0.0515. The molecule has 0 amide bonds. The van der Waals surface area contributed by atoms with E-state index < -0.39 is 0 Å². The lowest BCUT2D eigenvalue weighted by Crippen LogP contribution is -2.17. The summed E-state index contributed by atoms with van der Waals surface area (Å²) in [6.07, 6.45) is 0.844. The Kier molecular flexibility index (Phi) is 3.72. The van der Waals surface area contributed by atoms with Gasteiger partial charge in [-0.05, 0) is 29.5 Å². The minimum Gasteiger partial charge on any atom is -0.490 e. The molecular weight excluding hydrogens is 191 g/mol. The van der Waals surface area contributed by atoms with Crippen LogP contribution in [0.5, 0.6) is 5.75 Å². The molecule has 0 aromatic heterocycles. The minimum atomic E-state index is -0.265. The zero-order chi connectivity index (χ0) is 11.5. The quantitative estimate of drug-likeness (QED) is 0.737. The lowest BCUT2D eigenvalue weighted by Gasteiger charge is -2.19. The first kappa shape index (κ1) is 12.0. The Bertz CT molecular complexity index is 326. The number of halogens is 1. The van der Waals surface area contributed by atoms with Gasteiger partial charge in [-0.3, -0.25) is 0 Å². The smallest absolute Gasteiger partial charge is 0.165 e. The fourth-order valence-corrected chi connectivity index (χ4v) is 1.18. The Morgan fingerprint density at radius 3 is 2.40 bits per heavy atom. The number of benzene rings is 1. The first-order valence-electron chi connectivity index (χ1n) is 5.33. The second-order valence-corrected chi connectivity index (χ2v) is 4.97. The second kappa shape index (κ2) is 4.65. The van der Waals surface area contributed by atoms with Crippen LogP contribution in [0.2, 0.25) is 0 Å². The molecule has 1 rings (SSSR count). The van der Waals surface area contributed by atoms with Crippen LogP contribution in [0.3, 0.4) is 0 Å². The molecule has 0 unspecified atom stereocenters. The Morgan fingerprint density at radius 2 is 1.93 bits per heavy atom. The number of ether oxygens (including phenoxy) is 1. The zero-order valence-corrected chi connectivity index (χ0v) is 9.93. The van der Waals surface area contributed by atoms with E-state index >= 15 is 0 Å². The van der Waals surface area contributed by atoms with Crippen LogP contribution in [0.15, 0.2) is 18.2 Å². The maximum absolute atomic E-state index is 13.5. The van der Waals surface area contributed by atoms with Crippen LogP contribution in [0.1, 0.15) is 33.3 Å². The predicted molar refractivity (Wildman–Crippen MR) is 60.7 cm³/mol. The average molecular weight is 210 g/mol. The third-order valence-corrected chi connectivity index (χ3v) is 2.07. The molecule has 0 saturated heterocycles. The lowest BCUT2D eigenvalue weighted by atomic mass is 9.99. The summed E-state index contributed by atoms with van der Waals surface area (Å²) in [4.78, 5) is 0. The van der Waals surface area contributed by atoms with Crippen molar-refractivity contribution in [3.8, 4) is 5.75 Å². The number of hydrogen-bond acceptors (Lipinski definition) is 1. The van der Waals surface area contributed by atoms with Gasteiger partial charge in [-0.1, -0.05) is 33.8 Å². The molecular formula is C13H19FO. The highest BCUT2D eigenvalue weighted by molar-refractivity contribution is 5.29. The van der Waals surface area contributed by atoms with Crippen molar-refractivity contribution in [1.82, 2.24) is 0 Å². The molecule has 0 radical (unpaired) electrons. The number of aryl methyl sites for hydroxylation is 1. The van der Waals surface area contributed by atoms with Crippen molar-refractivity contribution < 1.29 is 9.13 Å². The van der Waals surface area contributed by atoms with Crippen molar-refractivity contribution in [3.63, 3.8) is 0 Å². The molecule has 0 aliphatic rings. The Hall–Kier alpha value is -1.05. The summed E-state index contributed by atoms with van der Waals surface area (Å²) in [5.41, 5.74) is 1.05. The first-order chi connectivity index (χ1) is 6.92. The molecule has 0 aliphatic carbocycles. The molecule has 1 aromatic rings. The van der Waals surface area contributed by atoms with Crippen LogP contribution in [0.25, 0.3) is 0 Å². The van der Waals surface area contributed by atoms with Crippen LogP contribution in [0, 0.1) is 11.2 Å². The van der Waals surface area contributed by atoms with Crippen molar-refractivity contribution in [2.75, 3.05) is 6.61 Å². The molecule has 0 N–H and O–H groups in total. The summed E-state index contributed by atoms with van der Waals surface area (Å²) in [7, 11) is 0. The highest BCUT2D eigenvalue weighted by Crippen LogP contribution is 2.21. The molecule has 2 heteroatoms. The maximum atomic E-state index is 13.5. The van der Waals surface area contributed by atoms with Crippen molar-refractivity contribution >= 4 is 0 Å². The van der Waals surface area contributed by atoms with Gasteiger partial charge < -0.3 is 4.74 Å². The van der Waals surface area contributed by atoms with Gasteiger partial charge >= 0.3 is 0 Å². The van der Waals surface area contributed by atoms with Gasteiger partial charge in [-0.2, -0.15) is 0 Å². The van der Waals surface area contributed by atoms with E-state index in [9.17, 15) is 4.39 Å². The highest BCUT2D eigenvalue weighted by Gasteiger charge is 2.12. The Morgan fingerprint density at radius 1 is 1.27 bits per heavy atom. The molecule has 15 heavy (non-hydrogen) atoms. The molecule has 0 bridgehead atoms. The highest BCUT2D eigenvalue weighted by atomic mass is 19.1. The topological polar surface area (TPSA) is 9.23 Å². The SMILES string of the molecule is CCc1ccc(OCC(C)(C)C)c(F)c1. The van der Waals surface area contributed by atoms with E-state index in [0.29, 0.717) is 12.4 Å². The van der Waals surface area contributed by atoms with E-state index in [1.165, 1.54) is 6.07 Å². The third kappa shape index (κ3) is 3.90. The largest absolute Gasteiger partial charge is 0.490 e. The molecule has 84 valence electrons. The van der Waals surface area contributed by atoms with Gasteiger partial charge in [0.15, 0.2) is 11.6 Å². The summed E-state index contributed by atoms with van der Waals surface area (Å²) in [6.45, 7) is 8.71. The van der Waals surface area contributed by atoms with Gasteiger partial charge in [0, 0.05) is 0 Å². The molecule has 0 aliphatic heterocycles.